The van der Waals surface area contributed by atoms with Crippen LogP contribution in [0.15, 0.2) is 53.3 Å². The van der Waals surface area contributed by atoms with Gasteiger partial charge in [0, 0.05) is 37.6 Å². The fourth-order valence-corrected chi connectivity index (χ4v) is 3.39. The van der Waals surface area contributed by atoms with Crippen LogP contribution in [0.3, 0.4) is 0 Å². The van der Waals surface area contributed by atoms with E-state index in [1.807, 2.05) is 12.1 Å². The molecule has 4 rings (SSSR count). The van der Waals surface area contributed by atoms with Crippen LogP contribution in [0.4, 0.5) is 9.18 Å². The number of urea groups is 1. The topological polar surface area (TPSA) is 84.2 Å². The molecular formula is C20H20FN5O2. The Morgan fingerprint density at radius 1 is 1.32 bits per heavy atom. The van der Waals surface area contributed by atoms with Gasteiger partial charge in [-0.05, 0) is 35.7 Å². The van der Waals surface area contributed by atoms with Gasteiger partial charge in [-0.15, -0.1) is 0 Å². The molecule has 2 atom stereocenters. The van der Waals surface area contributed by atoms with Crippen molar-refractivity contribution in [1.29, 1.82) is 0 Å². The minimum absolute atomic E-state index is 0.0298. The van der Waals surface area contributed by atoms with Crippen molar-refractivity contribution >= 4 is 6.03 Å². The summed E-state index contributed by atoms with van der Waals surface area (Å²) in [5.74, 6) is 0.846. The summed E-state index contributed by atoms with van der Waals surface area (Å²) in [5.41, 5.74) is 1.50. The van der Waals surface area contributed by atoms with Crippen molar-refractivity contribution in [2.45, 2.75) is 19.4 Å². The fourth-order valence-electron chi connectivity index (χ4n) is 3.39. The van der Waals surface area contributed by atoms with E-state index in [0.29, 0.717) is 24.8 Å². The number of hydrogen-bond acceptors (Lipinski definition) is 5. The predicted molar refractivity (Wildman–Crippen MR) is 99.6 cm³/mol. The Balaban J connectivity index is 1.39. The lowest BCUT2D eigenvalue weighted by molar-refractivity contribution is 0.206. The van der Waals surface area contributed by atoms with Crippen LogP contribution in [0.1, 0.15) is 24.3 Å². The van der Waals surface area contributed by atoms with Gasteiger partial charge in [0.25, 0.3) is 0 Å². The summed E-state index contributed by atoms with van der Waals surface area (Å²) in [4.78, 5) is 22.8. The van der Waals surface area contributed by atoms with Gasteiger partial charge in [0.15, 0.2) is 0 Å². The minimum Gasteiger partial charge on any atom is -0.339 e. The van der Waals surface area contributed by atoms with Crippen molar-refractivity contribution in [1.82, 2.24) is 25.3 Å². The molecule has 3 heterocycles. The number of aromatic nitrogens is 3. The number of carbonyl (C=O) groups is 1. The average Bonchev–Trinajstić information content (AvgIpc) is 3.34. The second-order valence-corrected chi connectivity index (χ2v) is 6.98. The summed E-state index contributed by atoms with van der Waals surface area (Å²) in [6.07, 6.45) is 3.36. The van der Waals surface area contributed by atoms with Crippen LogP contribution in [0, 0.1) is 11.7 Å². The molecule has 1 aromatic carbocycles. The zero-order valence-corrected chi connectivity index (χ0v) is 15.4. The van der Waals surface area contributed by atoms with Crippen molar-refractivity contribution in [3.63, 3.8) is 0 Å². The Bertz CT molecular complexity index is 962. The maximum Gasteiger partial charge on any atom is 0.317 e. The molecular weight excluding hydrogens is 361 g/mol. The molecule has 7 nitrogen and oxygen atoms in total. The molecule has 1 aliphatic heterocycles. The highest BCUT2D eigenvalue weighted by molar-refractivity contribution is 5.74. The molecule has 1 saturated heterocycles. The van der Waals surface area contributed by atoms with Gasteiger partial charge in [-0.1, -0.05) is 24.2 Å². The lowest BCUT2D eigenvalue weighted by atomic mass is 9.98. The van der Waals surface area contributed by atoms with E-state index < -0.39 is 0 Å². The van der Waals surface area contributed by atoms with Crippen LogP contribution in [-0.2, 0) is 6.54 Å². The van der Waals surface area contributed by atoms with E-state index in [1.165, 1.54) is 12.1 Å². The summed E-state index contributed by atoms with van der Waals surface area (Å²) in [6.45, 7) is 3.41. The number of hydrogen-bond donors (Lipinski definition) is 1. The fraction of sp³-hybridized carbons (Fsp3) is 0.300. The van der Waals surface area contributed by atoms with Crippen molar-refractivity contribution in [2.75, 3.05) is 13.1 Å². The van der Waals surface area contributed by atoms with E-state index in [9.17, 15) is 9.18 Å². The summed E-state index contributed by atoms with van der Waals surface area (Å²) < 4.78 is 18.7. The molecule has 0 bridgehead atoms. The number of rotatable bonds is 4. The normalized spacial score (nSPS) is 19.0. The van der Waals surface area contributed by atoms with Crippen LogP contribution in [0.25, 0.3) is 11.4 Å². The molecule has 28 heavy (non-hydrogen) atoms. The predicted octanol–water partition coefficient (Wildman–Crippen LogP) is 3.22. The third-order valence-corrected chi connectivity index (χ3v) is 4.91. The van der Waals surface area contributed by atoms with E-state index in [1.54, 1.807) is 29.4 Å². The van der Waals surface area contributed by atoms with E-state index in [-0.39, 0.29) is 30.2 Å². The molecule has 2 aromatic heterocycles. The van der Waals surface area contributed by atoms with E-state index >= 15 is 0 Å². The smallest absolute Gasteiger partial charge is 0.317 e. The number of benzene rings is 1. The lowest BCUT2D eigenvalue weighted by Crippen LogP contribution is -2.38. The first-order valence-electron chi connectivity index (χ1n) is 9.11. The third-order valence-electron chi connectivity index (χ3n) is 4.91. The highest BCUT2D eigenvalue weighted by Crippen LogP contribution is 2.32. The Morgan fingerprint density at radius 2 is 2.21 bits per heavy atom. The molecule has 1 aliphatic rings. The van der Waals surface area contributed by atoms with Gasteiger partial charge < -0.3 is 14.7 Å². The Hall–Kier alpha value is -3.29. The highest BCUT2D eigenvalue weighted by atomic mass is 19.1. The number of nitrogens with zero attached hydrogens (tertiary/aromatic N) is 4. The van der Waals surface area contributed by atoms with Gasteiger partial charge in [0.05, 0.1) is 5.92 Å². The zero-order chi connectivity index (χ0) is 19.5. The van der Waals surface area contributed by atoms with E-state index in [0.717, 1.165) is 11.1 Å². The second-order valence-electron chi connectivity index (χ2n) is 6.98. The van der Waals surface area contributed by atoms with Gasteiger partial charge in [-0.2, -0.15) is 4.98 Å². The molecule has 3 aromatic rings. The first-order chi connectivity index (χ1) is 13.6. The van der Waals surface area contributed by atoms with Gasteiger partial charge in [0.1, 0.15) is 5.82 Å². The van der Waals surface area contributed by atoms with E-state index in [4.69, 9.17) is 4.52 Å². The number of halogens is 1. The Labute approximate surface area is 161 Å². The number of likely N-dealkylation sites (tertiary alicyclic amines) is 1. The third kappa shape index (κ3) is 3.85. The lowest BCUT2D eigenvalue weighted by Gasteiger charge is -2.17. The molecule has 8 heteroatoms. The maximum absolute atomic E-state index is 13.3. The SMILES string of the molecule is CC1CN(C(=O)NCc2cccc(F)c2)CC1c1nc(-c2cccnc2)no1. The molecule has 0 aliphatic carbocycles. The quantitative estimate of drug-likeness (QED) is 0.750. The van der Waals surface area contributed by atoms with Crippen molar-refractivity contribution in [2.24, 2.45) is 5.92 Å². The van der Waals surface area contributed by atoms with Crippen molar-refractivity contribution in [3.8, 4) is 11.4 Å². The minimum atomic E-state index is -0.317. The molecule has 2 amide bonds. The van der Waals surface area contributed by atoms with Crippen molar-refractivity contribution in [3.05, 3.63) is 66.1 Å². The van der Waals surface area contributed by atoms with Gasteiger partial charge in [-0.3, -0.25) is 4.98 Å². The summed E-state index contributed by atoms with van der Waals surface area (Å²) in [6, 6.07) is 9.68. The monoisotopic (exact) mass is 381 g/mol. The number of amides is 2. The summed E-state index contributed by atoms with van der Waals surface area (Å²) in [7, 11) is 0. The molecule has 0 spiro atoms. The molecule has 1 N–H and O–H groups in total. The molecule has 144 valence electrons. The molecule has 2 unspecified atom stereocenters. The van der Waals surface area contributed by atoms with Crippen LogP contribution >= 0.6 is 0 Å². The number of carbonyl (C=O) groups excluding carboxylic acids is 1. The standard InChI is InChI=1S/C20H20FN5O2/c1-13-11-26(20(27)23-9-14-4-2-6-16(21)8-14)12-17(13)19-24-18(25-28-19)15-5-3-7-22-10-15/h2-8,10,13,17H,9,11-12H2,1H3,(H,23,27). The van der Waals surface area contributed by atoms with E-state index in [2.05, 4.69) is 27.4 Å². The van der Waals surface area contributed by atoms with Gasteiger partial charge >= 0.3 is 6.03 Å². The van der Waals surface area contributed by atoms with Gasteiger partial charge in [-0.25, -0.2) is 9.18 Å². The summed E-state index contributed by atoms with van der Waals surface area (Å²) >= 11 is 0. The number of pyridine rings is 1. The average molecular weight is 381 g/mol. The van der Waals surface area contributed by atoms with Crippen LogP contribution in [-0.4, -0.2) is 39.1 Å². The van der Waals surface area contributed by atoms with Gasteiger partial charge in [0.2, 0.25) is 11.7 Å². The maximum atomic E-state index is 13.3. The zero-order valence-electron chi connectivity index (χ0n) is 15.4. The van der Waals surface area contributed by atoms with Crippen LogP contribution in [0.2, 0.25) is 0 Å². The summed E-state index contributed by atoms with van der Waals surface area (Å²) in [5, 5.41) is 6.88. The number of nitrogens with one attached hydrogen (secondary N) is 1. The second kappa shape index (κ2) is 7.75. The first kappa shape index (κ1) is 18.1. The largest absolute Gasteiger partial charge is 0.339 e. The Kier molecular flexibility index (Phi) is 5.01. The Morgan fingerprint density at radius 3 is 3.00 bits per heavy atom. The molecule has 0 radical (unpaired) electrons. The first-order valence-corrected chi connectivity index (χ1v) is 9.11. The van der Waals surface area contributed by atoms with Crippen molar-refractivity contribution < 1.29 is 13.7 Å². The molecule has 0 saturated carbocycles. The van der Waals surface area contributed by atoms with Crippen LogP contribution in [0.5, 0.6) is 0 Å². The highest BCUT2D eigenvalue weighted by Gasteiger charge is 2.37. The van der Waals surface area contributed by atoms with Crippen LogP contribution < -0.4 is 5.32 Å². The molecule has 1 fully saturated rings.